The topological polar surface area (TPSA) is 55.1 Å². The highest BCUT2D eigenvalue weighted by Gasteiger charge is 2.14. The predicted octanol–water partition coefficient (Wildman–Crippen LogP) is 2.87. The molecule has 0 fully saturated rings. The molecule has 0 aliphatic heterocycles. The van der Waals surface area contributed by atoms with Crippen LogP contribution in [0.15, 0.2) is 34.8 Å². The van der Waals surface area contributed by atoms with Gasteiger partial charge in [0, 0.05) is 21.8 Å². The third kappa shape index (κ3) is 3.33. The number of nitrogens with two attached hydrogens (primary N) is 1. The molecule has 2 rings (SSSR count). The monoisotopic (exact) mass is 294 g/mol. The molecular formula is C13H15BrN2O. The van der Waals surface area contributed by atoms with Crippen molar-refractivity contribution < 1.29 is 4.79 Å². The Hall–Kier alpha value is -1.29. The summed E-state index contributed by atoms with van der Waals surface area (Å²) in [4.78, 5) is 12.0. The van der Waals surface area contributed by atoms with Crippen molar-refractivity contribution in [1.82, 2.24) is 5.32 Å². The lowest BCUT2D eigenvalue weighted by atomic mass is 10.0. The van der Waals surface area contributed by atoms with Crippen molar-refractivity contribution in [1.29, 1.82) is 0 Å². The van der Waals surface area contributed by atoms with Crippen LogP contribution in [0.25, 0.3) is 0 Å². The quantitative estimate of drug-likeness (QED) is 0.651. The maximum absolute atomic E-state index is 12.0. The van der Waals surface area contributed by atoms with Crippen LogP contribution in [-0.4, -0.2) is 11.9 Å². The van der Waals surface area contributed by atoms with E-state index in [1.54, 1.807) is 18.2 Å². The van der Waals surface area contributed by atoms with Gasteiger partial charge < -0.3 is 11.1 Å². The highest BCUT2D eigenvalue weighted by atomic mass is 79.9. The van der Waals surface area contributed by atoms with Crippen molar-refractivity contribution in [3.63, 3.8) is 0 Å². The summed E-state index contributed by atoms with van der Waals surface area (Å²) in [5.74, 6) is -0.0571. The summed E-state index contributed by atoms with van der Waals surface area (Å²) in [6, 6.07) is 5.50. The summed E-state index contributed by atoms with van der Waals surface area (Å²) in [7, 11) is 0. The Morgan fingerprint density at radius 2 is 2.18 bits per heavy atom. The molecule has 1 aromatic rings. The normalized spacial score (nSPS) is 19.0. The minimum Gasteiger partial charge on any atom is -0.399 e. The van der Waals surface area contributed by atoms with Crippen LogP contribution < -0.4 is 11.1 Å². The molecule has 0 radical (unpaired) electrons. The molecule has 0 heterocycles. The minimum absolute atomic E-state index is 0.0571. The molecule has 0 spiro atoms. The highest BCUT2D eigenvalue weighted by molar-refractivity contribution is 9.10. The van der Waals surface area contributed by atoms with E-state index in [9.17, 15) is 4.79 Å². The van der Waals surface area contributed by atoms with Gasteiger partial charge in [-0.15, -0.1) is 0 Å². The van der Waals surface area contributed by atoms with Crippen molar-refractivity contribution in [3.05, 3.63) is 40.4 Å². The number of amides is 1. The zero-order chi connectivity index (χ0) is 12.3. The Morgan fingerprint density at radius 1 is 1.35 bits per heavy atom. The number of hydrogen-bond acceptors (Lipinski definition) is 2. The smallest absolute Gasteiger partial charge is 0.251 e. The third-order valence-corrected chi connectivity index (χ3v) is 3.24. The number of benzene rings is 1. The highest BCUT2D eigenvalue weighted by Crippen LogP contribution is 2.18. The number of anilines is 1. The summed E-state index contributed by atoms with van der Waals surface area (Å²) in [5, 5.41) is 3.02. The Balaban J connectivity index is 2.06. The SMILES string of the molecule is Nc1cc(Br)cc(C(=O)NC2CC=CCC2)c1. The minimum atomic E-state index is -0.0571. The number of hydrogen-bond donors (Lipinski definition) is 2. The number of allylic oxidation sites excluding steroid dienone is 1. The molecule has 1 amide bonds. The van der Waals surface area contributed by atoms with Gasteiger partial charge in [-0.25, -0.2) is 0 Å². The van der Waals surface area contributed by atoms with E-state index in [0.29, 0.717) is 11.3 Å². The van der Waals surface area contributed by atoms with Gasteiger partial charge in [-0.2, -0.15) is 0 Å². The van der Waals surface area contributed by atoms with Crippen LogP contribution in [0.3, 0.4) is 0 Å². The molecule has 1 aromatic carbocycles. The van der Waals surface area contributed by atoms with Crippen molar-refractivity contribution in [2.45, 2.75) is 25.3 Å². The molecule has 1 aliphatic carbocycles. The first kappa shape index (κ1) is 12.2. The summed E-state index contributed by atoms with van der Waals surface area (Å²) in [6.07, 6.45) is 7.22. The molecule has 1 atom stereocenters. The van der Waals surface area contributed by atoms with Gasteiger partial charge in [0.05, 0.1) is 0 Å². The zero-order valence-corrected chi connectivity index (χ0v) is 11.0. The number of halogens is 1. The first-order chi connectivity index (χ1) is 8.15. The molecule has 17 heavy (non-hydrogen) atoms. The molecule has 1 unspecified atom stereocenters. The van der Waals surface area contributed by atoms with Gasteiger partial charge in [0.2, 0.25) is 0 Å². The van der Waals surface area contributed by atoms with E-state index in [-0.39, 0.29) is 11.9 Å². The maximum atomic E-state index is 12.0. The summed E-state index contributed by atoms with van der Waals surface area (Å²) < 4.78 is 0.825. The zero-order valence-electron chi connectivity index (χ0n) is 9.45. The molecule has 0 saturated heterocycles. The number of rotatable bonds is 2. The van der Waals surface area contributed by atoms with Crippen LogP contribution in [0.4, 0.5) is 5.69 Å². The second kappa shape index (κ2) is 5.36. The van der Waals surface area contributed by atoms with Crippen LogP contribution in [0, 0.1) is 0 Å². The lowest BCUT2D eigenvalue weighted by Gasteiger charge is -2.19. The van der Waals surface area contributed by atoms with E-state index < -0.39 is 0 Å². The molecule has 3 N–H and O–H groups in total. The van der Waals surface area contributed by atoms with E-state index in [1.807, 2.05) is 0 Å². The number of nitrogens with one attached hydrogen (secondary N) is 1. The first-order valence-electron chi connectivity index (χ1n) is 5.67. The summed E-state index contributed by atoms with van der Waals surface area (Å²) >= 11 is 3.34. The molecule has 0 aromatic heterocycles. The third-order valence-electron chi connectivity index (χ3n) is 2.79. The fourth-order valence-electron chi connectivity index (χ4n) is 1.94. The second-order valence-corrected chi connectivity index (χ2v) is 5.14. The molecule has 1 aliphatic rings. The van der Waals surface area contributed by atoms with Gasteiger partial charge in [-0.1, -0.05) is 28.1 Å². The second-order valence-electron chi connectivity index (χ2n) is 4.23. The van der Waals surface area contributed by atoms with Gasteiger partial charge in [0.1, 0.15) is 0 Å². The first-order valence-corrected chi connectivity index (χ1v) is 6.46. The molecule has 4 heteroatoms. The predicted molar refractivity (Wildman–Crippen MR) is 72.8 cm³/mol. The molecule has 0 saturated carbocycles. The van der Waals surface area contributed by atoms with Gasteiger partial charge >= 0.3 is 0 Å². The van der Waals surface area contributed by atoms with Crippen LogP contribution in [0.2, 0.25) is 0 Å². The lowest BCUT2D eigenvalue weighted by Crippen LogP contribution is -2.35. The summed E-state index contributed by atoms with van der Waals surface area (Å²) in [6.45, 7) is 0. The Morgan fingerprint density at radius 3 is 2.82 bits per heavy atom. The Kier molecular flexibility index (Phi) is 3.84. The lowest BCUT2D eigenvalue weighted by molar-refractivity contribution is 0.0934. The van der Waals surface area contributed by atoms with E-state index >= 15 is 0 Å². The van der Waals surface area contributed by atoms with E-state index in [2.05, 4.69) is 33.4 Å². The van der Waals surface area contributed by atoms with Gasteiger partial charge in [-0.3, -0.25) is 4.79 Å². The summed E-state index contributed by atoms with van der Waals surface area (Å²) in [5.41, 5.74) is 6.90. The van der Waals surface area contributed by atoms with Gasteiger partial charge in [-0.05, 0) is 37.5 Å². The van der Waals surface area contributed by atoms with Crippen molar-refractivity contribution in [3.8, 4) is 0 Å². The van der Waals surface area contributed by atoms with Crippen molar-refractivity contribution >= 4 is 27.5 Å². The van der Waals surface area contributed by atoms with E-state index in [0.717, 1.165) is 23.7 Å². The van der Waals surface area contributed by atoms with Crippen LogP contribution in [0.5, 0.6) is 0 Å². The number of carbonyl (C=O) groups is 1. The fraction of sp³-hybridized carbons (Fsp3) is 0.308. The Bertz CT molecular complexity index is 436. The average molecular weight is 295 g/mol. The van der Waals surface area contributed by atoms with Gasteiger partial charge in [0.25, 0.3) is 5.91 Å². The van der Waals surface area contributed by atoms with Crippen molar-refractivity contribution in [2.24, 2.45) is 0 Å². The molecule has 3 nitrogen and oxygen atoms in total. The maximum Gasteiger partial charge on any atom is 0.251 e. The van der Waals surface area contributed by atoms with Crippen LogP contribution in [0.1, 0.15) is 29.6 Å². The standard InChI is InChI=1S/C13H15BrN2O/c14-10-6-9(7-11(15)8-10)13(17)16-12-4-2-1-3-5-12/h1-2,6-8,12H,3-5,15H2,(H,16,17). The average Bonchev–Trinajstić information content (AvgIpc) is 2.29. The van der Waals surface area contributed by atoms with Crippen molar-refractivity contribution in [2.75, 3.05) is 5.73 Å². The molecule has 90 valence electrons. The van der Waals surface area contributed by atoms with E-state index in [1.165, 1.54) is 0 Å². The van der Waals surface area contributed by atoms with Crippen LogP contribution in [-0.2, 0) is 0 Å². The molecule has 0 bridgehead atoms. The van der Waals surface area contributed by atoms with Crippen LogP contribution >= 0.6 is 15.9 Å². The number of carbonyl (C=O) groups excluding carboxylic acids is 1. The Labute approximate surface area is 109 Å². The molecular weight excluding hydrogens is 280 g/mol. The van der Waals surface area contributed by atoms with Gasteiger partial charge in [0.15, 0.2) is 0 Å². The number of nitrogen functional groups attached to an aromatic ring is 1. The van der Waals surface area contributed by atoms with E-state index in [4.69, 9.17) is 5.73 Å². The fourth-order valence-corrected chi connectivity index (χ4v) is 2.45. The largest absolute Gasteiger partial charge is 0.399 e.